The van der Waals surface area contributed by atoms with Crippen LogP contribution in [0.15, 0.2) is 47.1 Å². The third-order valence-corrected chi connectivity index (χ3v) is 4.85. The normalized spacial score (nSPS) is 16.1. The van der Waals surface area contributed by atoms with Crippen LogP contribution in [0.2, 0.25) is 0 Å². The van der Waals surface area contributed by atoms with E-state index in [1.165, 1.54) is 0 Å². The van der Waals surface area contributed by atoms with Gasteiger partial charge in [0.15, 0.2) is 5.82 Å². The molecule has 0 N–H and O–H groups in total. The van der Waals surface area contributed by atoms with Crippen LogP contribution in [0, 0.1) is 0 Å². The van der Waals surface area contributed by atoms with Crippen molar-refractivity contribution in [1.82, 2.24) is 20.0 Å². The van der Waals surface area contributed by atoms with Gasteiger partial charge in [0, 0.05) is 18.3 Å². The predicted octanol–water partition coefficient (Wildman–Crippen LogP) is 3.52. The lowest BCUT2D eigenvalue weighted by atomic mass is 10.1. The lowest BCUT2D eigenvalue weighted by Gasteiger charge is -2.22. The molecule has 1 amide bonds. The van der Waals surface area contributed by atoms with Crippen LogP contribution in [-0.4, -0.2) is 46.2 Å². The molecule has 2 aromatic heterocycles. The molecule has 1 saturated heterocycles. The fourth-order valence-corrected chi connectivity index (χ4v) is 3.49. The Balaban J connectivity index is 1.59. The molecule has 0 saturated carbocycles. The Morgan fingerprint density at radius 2 is 2.21 bits per heavy atom. The van der Waals surface area contributed by atoms with Crippen molar-refractivity contribution in [3.05, 3.63) is 54.0 Å². The molecule has 0 radical (unpaired) electrons. The van der Waals surface area contributed by atoms with E-state index in [0.29, 0.717) is 47.6 Å². The van der Waals surface area contributed by atoms with Crippen LogP contribution in [-0.2, 0) is 0 Å². The minimum Gasteiger partial charge on any atom is -0.497 e. The van der Waals surface area contributed by atoms with Gasteiger partial charge in [-0.3, -0.25) is 4.79 Å². The third kappa shape index (κ3) is 3.78. The van der Waals surface area contributed by atoms with Gasteiger partial charge in [-0.15, -0.1) is 0 Å². The maximum atomic E-state index is 13.1. The molecule has 1 atom stereocenters. The Morgan fingerprint density at radius 1 is 1.31 bits per heavy atom. The molecule has 1 aliphatic rings. The molecule has 0 aliphatic carbocycles. The summed E-state index contributed by atoms with van der Waals surface area (Å²) in [4.78, 5) is 23.6. The number of rotatable bonds is 6. The van der Waals surface area contributed by atoms with Gasteiger partial charge < -0.3 is 18.9 Å². The van der Waals surface area contributed by atoms with E-state index in [2.05, 4.69) is 15.1 Å². The van der Waals surface area contributed by atoms with Crippen molar-refractivity contribution in [1.29, 1.82) is 0 Å². The predicted molar refractivity (Wildman–Crippen MR) is 105 cm³/mol. The molecule has 0 spiro atoms. The van der Waals surface area contributed by atoms with E-state index in [9.17, 15) is 4.79 Å². The molecule has 0 bridgehead atoms. The number of hydrogen-bond acceptors (Lipinski definition) is 7. The van der Waals surface area contributed by atoms with Crippen molar-refractivity contribution < 1.29 is 18.8 Å². The molecule has 3 aromatic rings. The van der Waals surface area contributed by atoms with Crippen molar-refractivity contribution in [2.45, 2.75) is 25.8 Å². The third-order valence-electron chi connectivity index (χ3n) is 4.85. The molecule has 1 unspecified atom stereocenters. The second-order valence-electron chi connectivity index (χ2n) is 6.64. The van der Waals surface area contributed by atoms with E-state index >= 15 is 0 Å². The minimum atomic E-state index is -0.238. The Bertz CT molecular complexity index is 1000. The first-order valence-electron chi connectivity index (χ1n) is 9.58. The summed E-state index contributed by atoms with van der Waals surface area (Å²) in [5.41, 5.74) is 1.21. The van der Waals surface area contributed by atoms with Crippen LogP contribution in [0.25, 0.3) is 11.5 Å². The van der Waals surface area contributed by atoms with E-state index in [1.807, 2.05) is 19.1 Å². The number of nitrogens with zero attached hydrogens (tertiary/aromatic N) is 4. The quantitative estimate of drug-likeness (QED) is 0.632. The molecule has 4 rings (SSSR count). The number of carbonyl (C=O) groups excluding carboxylic acids is 1. The van der Waals surface area contributed by atoms with Crippen molar-refractivity contribution in [2.24, 2.45) is 0 Å². The van der Waals surface area contributed by atoms with Gasteiger partial charge in [-0.25, -0.2) is 4.98 Å². The Kier molecular flexibility index (Phi) is 5.41. The topological polar surface area (TPSA) is 90.6 Å². The number of methoxy groups -OCH3 is 1. The lowest BCUT2D eigenvalue weighted by molar-refractivity contribution is 0.0728. The molecule has 1 aromatic carbocycles. The first kappa shape index (κ1) is 18.9. The highest BCUT2D eigenvalue weighted by molar-refractivity contribution is 5.95. The standard InChI is InChI=1S/C21H22N4O4/c1-3-28-19-16(9-5-11-22-19)20-23-18(24-29-20)17-10-6-12-25(17)21(26)14-7-4-8-15(13-14)27-2/h4-5,7-9,11,13,17H,3,6,10,12H2,1-2H3. The van der Waals surface area contributed by atoms with Crippen LogP contribution >= 0.6 is 0 Å². The van der Waals surface area contributed by atoms with E-state index in [1.54, 1.807) is 42.5 Å². The fourth-order valence-electron chi connectivity index (χ4n) is 3.49. The zero-order valence-corrected chi connectivity index (χ0v) is 16.4. The molecule has 8 nitrogen and oxygen atoms in total. The van der Waals surface area contributed by atoms with Gasteiger partial charge >= 0.3 is 0 Å². The summed E-state index contributed by atoms with van der Waals surface area (Å²) in [5.74, 6) is 1.83. The number of benzene rings is 1. The average molecular weight is 394 g/mol. The van der Waals surface area contributed by atoms with E-state index in [-0.39, 0.29) is 11.9 Å². The highest BCUT2D eigenvalue weighted by Gasteiger charge is 2.34. The lowest BCUT2D eigenvalue weighted by Crippen LogP contribution is -2.31. The molecule has 150 valence electrons. The van der Waals surface area contributed by atoms with Gasteiger partial charge in [-0.2, -0.15) is 4.98 Å². The molecule has 1 aliphatic heterocycles. The Hall–Kier alpha value is -3.42. The molecule has 3 heterocycles. The number of ether oxygens (including phenoxy) is 2. The number of carbonyl (C=O) groups is 1. The summed E-state index contributed by atoms with van der Waals surface area (Å²) in [6.07, 6.45) is 3.30. The first-order valence-corrected chi connectivity index (χ1v) is 9.58. The first-order chi connectivity index (χ1) is 14.2. The second-order valence-corrected chi connectivity index (χ2v) is 6.64. The smallest absolute Gasteiger partial charge is 0.263 e. The van der Waals surface area contributed by atoms with Gasteiger partial charge in [0.2, 0.25) is 5.88 Å². The summed E-state index contributed by atoms with van der Waals surface area (Å²) in [6, 6.07) is 10.5. The SMILES string of the molecule is CCOc1ncccc1-c1nc(C2CCCN2C(=O)c2cccc(OC)c2)no1. The molecular weight excluding hydrogens is 372 g/mol. The van der Waals surface area contributed by atoms with Gasteiger partial charge in [-0.1, -0.05) is 11.2 Å². The zero-order chi connectivity index (χ0) is 20.2. The van der Waals surface area contributed by atoms with Crippen LogP contribution in [0.1, 0.15) is 42.0 Å². The van der Waals surface area contributed by atoms with E-state index in [4.69, 9.17) is 14.0 Å². The van der Waals surface area contributed by atoms with Gasteiger partial charge in [0.25, 0.3) is 11.8 Å². The summed E-state index contributed by atoms with van der Waals surface area (Å²) in [5, 5.41) is 4.15. The second kappa shape index (κ2) is 8.30. The Morgan fingerprint density at radius 3 is 3.03 bits per heavy atom. The maximum Gasteiger partial charge on any atom is 0.263 e. The van der Waals surface area contributed by atoms with E-state index in [0.717, 1.165) is 12.8 Å². The highest BCUT2D eigenvalue weighted by Crippen LogP contribution is 2.34. The van der Waals surface area contributed by atoms with Crippen LogP contribution < -0.4 is 9.47 Å². The summed E-state index contributed by atoms with van der Waals surface area (Å²) < 4.78 is 16.3. The molecule has 29 heavy (non-hydrogen) atoms. The summed E-state index contributed by atoms with van der Waals surface area (Å²) >= 11 is 0. The van der Waals surface area contributed by atoms with Crippen molar-refractivity contribution in [3.63, 3.8) is 0 Å². The number of pyridine rings is 1. The van der Waals surface area contributed by atoms with Crippen LogP contribution in [0.3, 0.4) is 0 Å². The zero-order valence-electron chi connectivity index (χ0n) is 16.4. The number of aromatic nitrogens is 3. The average Bonchev–Trinajstić information content (AvgIpc) is 3.43. The Labute approximate surface area is 168 Å². The number of hydrogen-bond donors (Lipinski definition) is 0. The van der Waals surface area contributed by atoms with Gasteiger partial charge in [-0.05, 0) is 50.1 Å². The van der Waals surface area contributed by atoms with E-state index < -0.39 is 0 Å². The number of amides is 1. The maximum absolute atomic E-state index is 13.1. The van der Waals surface area contributed by atoms with Crippen molar-refractivity contribution in [2.75, 3.05) is 20.3 Å². The highest BCUT2D eigenvalue weighted by atomic mass is 16.5. The fraction of sp³-hybridized carbons (Fsp3) is 0.333. The molecular formula is C21H22N4O4. The van der Waals surface area contributed by atoms with Gasteiger partial charge in [0.1, 0.15) is 11.3 Å². The van der Waals surface area contributed by atoms with Crippen LogP contribution in [0.5, 0.6) is 11.6 Å². The van der Waals surface area contributed by atoms with Crippen molar-refractivity contribution in [3.8, 4) is 23.1 Å². The summed E-state index contributed by atoms with van der Waals surface area (Å²) in [6.45, 7) is 3.01. The number of likely N-dealkylation sites (tertiary alicyclic amines) is 1. The van der Waals surface area contributed by atoms with Crippen LogP contribution in [0.4, 0.5) is 0 Å². The monoisotopic (exact) mass is 394 g/mol. The summed E-state index contributed by atoms with van der Waals surface area (Å²) in [7, 11) is 1.58. The largest absolute Gasteiger partial charge is 0.497 e. The minimum absolute atomic E-state index is 0.0749. The molecule has 8 heteroatoms. The van der Waals surface area contributed by atoms with Gasteiger partial charge in [0.05, 0.1) is 19.8 Å². The van der Waals surface area contributed by atoms with Crippen molar-refractivity contribution >= 4 is 5.91 Å². The molecule has 1 fully saturated rings.